The molecule has 0 fully saturated rings. The van der Waals surface area contributed by atoms with Crippen molar-refractivity contribution in [1.29, 1.82) is 0 Å². The Bertz CT molecular complexity index is 487. The fourth-order valence-electron chi connectivity index (χ4n) is 1.78. The third-order valence-corrected chi connectivity index (χ3v) is 3.89. The summed E-state index contributed by atoms with van der Waals surface area (Å²) in [4.78, 5) is 1.21. The average Bonchev–Trinajstić information content (AvgIpc) is 2.48. The molecule has 0 saturated heterocycles. The van der Waals surface area contributed by atoms with Gasteiger partial charge in [-0.2, -0.15) is 0 Å². The van der Waals surface area contributed by atoms with Crippen LogP contribution < -0.4 is 10.1 Å². The molecule has 2 aromatic carbocycles. The van der Waals surface area contributed by atoms with Crippen LogP contribution >= 0.6 is 11.8 Å². The van der Waals surface area contributed by atoms with Crippen LogP contribution in [0.5, 0.6) is 5.75 Å². The number of thioether (sulfide) groups is 1. The number of benzene rings is 2. The van der Waals surface area contributed by atoms with Gasteiger partial charge in [0.15, 0.2) is 0 Å². The predicted molar refractivity (Wildman–Crippen MR) is 83.3 cm³/mol. The Hall–Kier alpha value is -1.61. The second-order valence-electron chi connectivity index (χ2n) is 4.15. The van der Waals surface area contributed by atoms with E-state index in [1.54, 1.807) is 7.11 Å². The van der Waals surface area contributed by atoms with Crippen molar-refractivity contribution in [2.45, 2.75) is 11.3 Å². The molecule has 2 aromatic rings. The topological polar surface area (TPSA) is 21.3 Å². The van der Waals surface area contributed by atoms with E-state index in [4.69, 9.17) is 4.74 Å². The van der Waals surface area contributed by atoms with Crippen LogP contribution in [0.25, 0.3) is 0 Å². The van der Waals surface area contributed by atoms with E-state index >= 15 is 0 Å². The van der Waals surface area contributed by atoms with Gasteiger partial charge in [0.1, 0.15) is 5.75 Å². The molecule has 0 spiro atoms. The number of para-hydroxylation sites is 2. The maximum atomic E-state index is 5.34. The highest BCUT2D eigenvalue weighted by Gasteiger charge is 2.01. The van der Waals surface area contributed by atoms with Gasteiger partial charge in [-0.25, -0.2) is 0 Å². The second kappa shape index (κ2) is 7.74. The summed E-state index contributed by atoms with van der Waals surface area (Å²) in [5.74, 6) is 2.05. The van der Waals surface area contributed by atoms with Crippen molar-refractivity contribution in [3.05, 3.63) is 54.6 Å². The Balaban J connectivity index is 1.69. The smallest absolute Gasteiger partial charge is 0.132 e. The van der Waals surface area contributed by atoms with Gasteiger partial charge in [0.25, 0.3) is 0 Å². The minimum Gasteiger partial charge on any atom is -0.496 e. The number of hydrogen-bond acceptors (Lipinski definition) is 3. The van der Waals surface area contributed by atoms with Crippen LogP contribution in [0.1, 0.15) is 6.42 Å². The Morgan fingerprint density at radius 1 is 1.00 bits per heavy atom. The first-order chi connectivity index (χ1) is 9.40. The highest BCUT2D eigenvalue weighted by atomic mass is 32.2. The minimum atomic E-state index is 0.962. The van der Waals surface area contributed by atoms with E-state index in [9.17, 15) is 0 Å². The summed E-state index contributed by atoms with van der Waals surface area (Å²) in [6.45, 7) is 0.992. The van der Waals surface area contributed by atoms with Crippen molar-refractivity contribution in [1.82, 2.24) is 0 Å². The fourth-order valence-corrected chi connectivity index (χ4v) is 2.76. The number of ether oxygens (including phenoxy) is 1. The maximum Gasteiger partial charge on any atom is 0.132 e. The molecular formula is C16H19NOS. The predicted octanol–water partition coefficient (Wildman–Crippen LogP) is 4.29. The Kier molecular flexibility index (Phi) is 5.63. The molecule has 1 N–H and O–H groups in total. The molecule has 3 heteroatoms. The highest BCUT2D eigenvalue weighted by Crippen LogP contribution is 2.28. The molecular weight excluding hydrogens is 254 g/mol. The van der Waals surface area contributed by atoms with Gasteiger partial charge < -0.3 is 10.1 Å². The Labute approximate surface area is 119 Å². The van der Waals surface area contributed by atoms with E-state index in [1.165, 1.54) is 10.6 Å². The number of hydrogen-bond donors (Lipinski definition) is 1. The van der Waals surface area contributed by atoms with Crippen molar-refractivity contribution < 1.29 is 4.74 Å². The summed E-state index contributed by atoms with van der Waals surface area (Å²) in [7, 11) is 1.72. The van der Waals surface area contributed by atoms with Gasteiger partial charge in [-0.3, -0.25) is 0 Å². The molecule has 19 heavy (non-hydrogen) atoms. The molecule has 2 rings (SSSR count). The van der Waals surface area contributed by atoms with Gasteiger partial charge >= 0.3 is 0 Å². The van der Waals surface area contributed by atoms with Crippen molar-refractivity contribution in [2.24, 2.45) is 0 Å². The molecule has 0 amide bonds. The van der Waals surface area contributed by atoms with Crippen LogP contribution in [0.3, 0.4) is 0 Å². The zero-order valence-corrected chi connectivity index (χ0v) is 12.0. The number of methoxy groups -OCH3 is 1. The van der Waals surface area contributed by atoms with Crippen LogP contribution in [0, 0.1) is 0 Å². The third kappa shape index (κ3) is 4.52. The SMILES string of the molecule is COc1ccccc1SCCCNc1ccccc1. The highest BCUT2D eigenvalue weighted by molar-refractivity contribution is 7.99. The summed E-state index contributed by atoms with van der Waals surface area (Å²) in [5, 5.41) is 3.41. The standard InChI is InChI=1S/C16H19NOS/c1-18-15-10-5-6-11-16(15)19-13-7-12-17-14-8-3-2-4-9-14/h2-6,8-11,17H,7,12-13H2,1H3. The van der Waals surface area contributed by atoms with Gasteiger partial charge in [-0.15, -0.1) is 11.8 Å². The molecule has 0 unspecified atom stereocenters. The molecule has 0 aliphatic rings. The lowest BCUT2D eigenvalue weighted by atomic mass is 10.3. The zero-order chi connectivity index (χ0) is 13.3. The Morgan fingerprint density at radius 3 is 2.53 bits per heavy atom. The van der Waals surface area contributed by atoms with Crippen LogP contribution in [0.2, 0.25) is 0 Å². The van der Waals surface area contributed by atoms with Crippen LogP contribution in [0.15, 0.2) is 59.5 Å². The summed E-state index contributed by atoms with van der Waals surface area (Å²) in [6.07, 6.45) is 1.12. The minimum absolute atomic E-state index is 0.962. The molecule has 0 saturated carbocycles. The van der Waals surface area contributed by atoms with E-state index in [1.807, 2.05) is 48.2 Å². The first-order valence-corrected chi connectivity index (χ1v) is 7.43. The Morgan fingerprint density at radius 2 is 1.74 bits per heavy atom. The fraction of sp³-hybridized carbons (Fsp3) is 0.250. The quantitative estimate of drug-likeness (QED) is 0.600. The van der Waals surface area contributed by atoms with Crippen LogP contribution in [0.4, 0.5) is 5.69 Å². The lowest BCUT2D eigenvalue weighted by molar-refractivity contribution is 0.405. The molecule has 0 aliphatic heterocycles. The van der Waals surface area contributed by atoms with Gasteiger partial charge in [0.05, 0.1) is 7.11 Å². The van der Waals surface area contributed by atoms with E-state index in [0.717, 1.165) is 24.5 Å². The van der Waals surface area contributed by atoms with Gasteiger partial charge in [-0.05, 0) is 36.4 Å². The summed E-state index contributed by atoms with van der Waals surface area (Å²) < 4.78 is 5.34. The molecule has 2 nitrogen and oxygen atoms in total. The molecule has 0 atom stereocenters. The lowest BCUT2D eigenvalue weighted by Gasteiger charge is -2.08. The van der Waals surface area contributed by atoms with Crippen LogP contribution in [-0.2, 0) is 0 Å². The van der Waals surface area contributed by atoms with Gasteiger partial charge in [0.2, 0.25) is 0 Å². The normalized spacial score (nSPS) is 10.2. The lowest BCUT2D eigenvalue weighted by Crippen LogP contribution is -2.02. The molecule has 0 aromatic heterocycles. The number of rotatable bonds is 7. The molecule has 0 radical (unpaired) electrons. The van der Waals surface area contributed by atoms with Gasteiger partial charge in [0, 0.05) is 17.1 Å². The van der Waals surface area contributed by atoms with E-state index in [-0.39, 0.29) is 0 Å². The third-order valence-electron chi connectivity index (χ3n) is 2.75. The summed E-state index contributed by atoms with van der Waals surface area (Å²) >= 11 is 1.84. The zero-order valence-electron chi connectivity index (χ0n) is 11.1. The second-order valence-corrected chi connectivity index (χ2v) is 5.28. The summed E-state index contributed by atoms with van der Waals surface area (Å²) in [5.41, 5.74) is 1.18. The van der Waals surface area contributed by atoms with Crippen LogP contribution in [-0.4, -0.2) is 19.4 Å². The van der Waals surface area contributed by atoms with Crippen molar-refractivity contribution in [3.63, 3.8) is 0 Å². The van der Waals surface area contributed by atoms with Crippen molar-refractivity contribution in [2.75, 3.05) is 24.7 Å². The monoisotopic (exact) mass is 273 g/mol. The van der Waals surface area contributed by atoms with E-state index in [0.29, 0.717) is 0 Å². The van der Waals surface area contributed by atoms with E-state index < -0.39 is 0 Å². The first-order valence-electron chi connectivity index (χ1n) is 6.45. The molecule has 0 aliphatic carbocycles. The first kappa shape index (κ1) is 13.8. The molecule has 100 valence electrons. The van der Waals surface area contributed by atoms with Crippen molar-refractivity contribution in [3.8, 4) is 5.75 Å². The maximum absolute atomic E-state index is 5.34. The molecule has 0 heterocycles. The number of nitrogens with one attached hydrogen (secondary N) is 1. The molecule has 0 bridgehead atoms. The van der Waals surface area contributed by atoms with E-state index in [2.05, 4.69) is 23.5 Å². The van der Waals surface area contributed by atoms with Gasteiger partial charge in [-0.1, -0.05) is 30.3 Å². The largest absolute Gasteiger partial charge is 0.496 e. The van der Waals surface area contributed by atoms with Crippen molar-refractivity contribution >= 4 is 17.4 Å². The average molecular weight is 273 g/mol. The number of anilines is 1. The summed E-state index contributed by atoms with van der Waals surface area (Å²) in [6, 6.07) is 18.5.